The topological polar surface area (TPSA) is 89.3 Å². The predicted octanol–water partition coefficient (Wildman–Crippen LogP) is 4.05. The normalized spacial score (nSPS) is 10.3. The van der Waals surface area contributed by atoms with Crippen molar-refractivity contribution in [3.05, 3.63) is 71.8 Å². The Kier molecular flexibility index (Phi) is 8.72. The number of urea groups is 1. The molecule has 2 aromatic rings. The number of amides is 3. The molecule has 0 saturated carbocycles. The highest BCUT2D eigenvalue weighted by Gasteiger charge is 2.32. The molecule has 0 aliphatic carbocycles. The molecule has 26 heavy (non-hydrogen) atoms. The summed E-state index contributed by atoms with van der Waals surface area (Å²) in [7, 11) is 0. The lowest BCUT2D eigenvalue weighted by molar-refractivity contribution is -0.122. The number of carbonyl (C=O) groups is 3. The zero-order valence-electron chi connectivity index (χ0n) is 14.9. The smallest absolute Gasteiger partial charge is 0.318 e. The fourth-order valence-electron chi connectivity index (χ4n) is 2.14. The van der Waals surface area contributed by atoms with Crippen LogP contribution >= 0.6 is 15.9 Å². The van der Waals surface area contributed by atoms with Gasteiger partial charge < -0.3 is 5.73 Å². The lowest BCUT2D eigenvalue weighted by Gasteiger charge is -2.21. The molecule has 3 amide bonds. The fraction of sp³-hybridized carbons (Fsp3) is 0.250. The Bertz CT molecular complexity index is 688. The Hall–Kier alpha value is -2.47. The summed E-state index contributed by atoms with van der Waals surface area (Å²) in [6.45, 7) is 3.72. The molecule has 0 atom stereocenters. The van der Waals surface area contributed by atoms with E-state index in [0.29, 0.717) is 12.8 Å². The third-order valence-corrected chi connectivity index (χ3v) is 5.32. The number of rotatable bonds is 5. The molecule has 0 aromatic heterocycles. The van der Waals surface area contributed by atoms with Gasteiger partial charge in [0.2, 0.25) is 5.91 Å². The second kappa shape index (κ2) is 10.5. The van der Waals surface area contributed by atoms with Crippen LogP contribution in [-0.2, 0) is 4.79 Å². The summed E-state index contributed by atoms with van der Waals surface area (Å²) in [5, 5.41) is 2.04. The number of hydrogen-bond acceptors (Lipinski definition) is 3. The molecule has 0 aliphatic heterocycles. The molecule has 0 bridgehead atoms. The number of alkyl halides is 1. The molecule has 0 fully saturated rings. The van der Waals surface area contributed by atoms with E-state index >= 15 is 0 Å². The largest absolute Gasteiger partial charge is 0.351 e. The van der Waals surface area contributed by atoms with Crippen molar-refractivity contribution in [2.45, 2.75) is 31.0 Å². The molecule has 138 valence electrons. The number of carbonyl (C=O) groups excluding carboxylic acids is 3. The highest BCUT2D eigenvalue weighted by Crippen LogP contribution is 2.26. The maximum absolute atomic E-state index is 11.8. The van der Waals surface area contributed by atoms with Gasteiger partial charge in [0.25, 0.3) is 0 Å². The van der Waals surface area contributed by atoms with Crippen LogP contribution in [0.5, 0.6) is 0 Å². The van der Waals surface area contributed by atoms with Crippen LogP contribution in [0.2, 0.25) is 0 Å². The summed E-state index contributed by atoms with van der Waals surface area (Å²) in [4.78, 5) is 33.5. The zero-order chi connectivity index (χ0) is 19.6. The van der Waals surface area contributed by atoms with E-state index in [1.807, 2.05) is 79.8 Å². The molecule has 5 nitrogen and oxygen atoms in total. The summed E-state index contributed by atoms with van der Waals surface area (Å²) in [5.74, 6) is -0.300. The Balaban J connectivity index is 0.000000265. The van der Waals surface area contributed by atoms with Gasteiger partial charge in [0.1, 0.15) is 4.32 Å². The first-order valence-corrected chi connectivity index (χ1v) is 9.08. The maximum atomic E-state index is 11.8. The first-order chi connectivity index (χ1) is 12.3. The summed E-state index contributed by atoms with van der Waals surface area (Å²) in [6.07, 6.45) is 1.23. The van der Waals surface area contributed by atoms with Crippen LogP contribution in [0.25, 0.3) is 0 Å². The molecule has 0 unspecified atom stereocenters. The standard InChI is InChI=1S/C13H10O.C7H13BrN2O2/c14-13(11-7-3-1-4-8-11)12-9-5-2-6-10-12;1-3-7(8,4-2)5(11)10-6(9)12/h1-10H;3-4H2,1-2H3,(H3,9,10,11,12). The fourth-order valence-corrected chi connectivity index (χ4v) is 2.24. The lowest BCUT2D eigenvalue weighted by atomic mass is 10.0. The van der Waals surface area contributed by atoms with Crippen LogP contribution in [0.15, 0.2) is 60.7 Å². The quantitative estimate of drug-likeness (QED) is 0.566. The Morgan fingerprint density at radius 3 is 1.58 bits per heavy atom. The van der Waals surface area contributed by atoms with E-state index in [-0.39, 0.29) is 11.7 Å². The van der Waals surface area contributed by atoms with Crippen molar-refractivity contribution in [1.82, 2.24) is 5.32 Å². The second-order valence-corrected chi connectivity index (χ2v) is 7.07. The predicted molar refractivity (Wildman–Crippen MR) is 106 cm³/mol. The van der Waals surface area contributed by atoms with Crippen molar-refractivity contribution in [2.75, 3.05) is 0 Å². The van der Waals surface area contributed by atoms with E-state index in [1.54, 1.807) is 0 Å². The number of hydrogen-bond donors (Lipinski definition) is 2. The van der Waals surface area contributed by atoms with Crippen molar-refractivity contribution in [2.24, 2.45) is 5.73 Å². The number of nitrogens with two attached hydrogens (primary N) is 1. The average Bonchev–Trinajstić information content (AvgIpc) is 2.68. The summed E-state index contributed by atoms with van der Waals surface area (Å²) in [6, 6.07) is 17.8. The van der Waals surface area contributed by atoms with Crippen molar-refractivity contribution in [1.29, 1.82) is 0 Å². The maximum Gasteiger partial charge on any atom is 0.318 e. The van der Waals surface area contributed by atoms with Crippen LogP contribution < -0.4 is 11.1 Å². The van der Waals surface area contributed by atoms with Gasteiger partial charge in [-0.05, 0) is 12.8 Å². The average molecular weight is 419 g/mol. The highest BCUT2D eigenvalue weighted by atomic mass is 79.9. The van der Waals surface area contributed by atoms with Crippen LogP contribution in [0.3, 0.4) is 0 Å². The first kappa shape index (κ1) is 21.6. The van der Waals surface area contributed by atoms with Crippen molar-refractivity contribution < 1.29 is 14.4 Å². The van der Waals surface area contributed by atoms with E-state index < -0.39 is 10.4 Å². The number of primary amides is 1. The lowest BCUT2D eigenvalue weighted by Crippen LogP contribution is -2.46. The molecule has 2 aromatic carbocycles. The third kappa shape index (κ3) is 6.44. The van der Waals surface area contributed by atoms with E-state index in [1.165, 1.54) is 0 Å². The number of halogens is 1. The highest BCUT2D eigenvalue weighted by molar-refractivity contribution is 9.10. The van der Waals surface area contributed by atoms with Gasteiger partial charge in [0, 0.05) is 11.1 Å². The third-order valence-electron chi connectivity index (χ3n) is 3.84. The van der Waals surface area contributed by atoms with Crippen LogP contribution in [0, 0.1) is 0 Å². The summed E-state index contributed by atoms with van der Waals surface area (Å²) >= 11 is 3.26. The number of imide groups is 1. The van der Waals surface area contributed by atoms with Gasteiger partial charge in [-0.25, -0.2) is 4.79 Å². The van der Waals surface area contributed by atoms with Gasteiger partial charge in [-0.15, -0.1) is 0 Å². The summed E-state index contributed by atoms with van der Waals surface area (Å²) in [5.41, 5.74) is 6.28. The SMILES string of the molecule is CCC(Br)(CC)C(=O)NC(N)=O.O=C(c1ccccc1)c1ccccc1. The summed E-state index contributed by atoms with van der Waals surface area (Å²) < 4.78 is -0.665. The number of nitrogens with one attached hydrogen (secondary N) is 1. The molecule has 2 rings (SSSR count). The Morgan fingerprint density at radius 2 is 1.27 bits per heavy atom. The zero-order valence-corrected chi connectivity index (χ0v) is 16.5. The number of ketones is 1. The monoisotopic (exact) mass is 418 g/mol. The minimum atomic E-state index is -0.814. The van der Waals surface area contributed by atoms with Crippen molar-refractivity contribution in [3.63, 3.8) is 0 Å². The van der Waals surface area contributed by atoms with Gasteiger partial charge in [-0.1, -0.05) is 90.4 Å². The molecule has 0 saturated heterocycles. The van der Waals surface area contributed by atoms with Crippen molar-refractivity contribution in [3.8, 4) is 0 Å². The van der Waals surface area contributed by atoms with Gasteiger partial charge in [0.05, 0.1) is 0 Å². The van der Waals surface area contributed by atoms with Gasteiger partial charge in [-0.3, -0.25) is 14.9 Å². The number of benzene rings is 2. The molecular weight excluding hydrogens is 396 g/mol. The van der Waals surface area contributed by atoms with Gasteiger partial charge >= 0.3 is 6.03 Å². The molecule has 0 heterocycles. The van der Waals surface area contributed by atoms with E-state index in [4.69, 9.17) is 5.73 Å². The molecule has 0 radical (unpaired) electrons. The molecule has 3 N–H and O–H groups in total. The van der Waals surface area contributed by atoms with Crippen LogP contribution in [0.1, 0.15) is 42.6 Å². The minimum Gasteiger partial charge on any atom is -0.351 e. The minimum absolute atomic E-state index is 0.0752. The van der Waals surface area contributed by atoms with Crippen molar-refractivity contribution >= 4 is 33.7 Å². The van der Waals surface area contributed by atoms with Crippen LogP contribution in [0.4, 0.5) is 4.79 Å². The second-order valence-electron chi connectivity index (χ2n) is 5.55. The van der Waals surface area contributed by atoms with Crippen LogP contribution in [-0.4, -0.2) is 22.0 Å². The van der Waals surface area contributed by atoms with E-state index in [9.17, 15) is 14.4 Å². The Labute approximate surface area is 162 Å². The van der Waals surface area contributed by atoms with E-state index in [0.717, 1.165) is 11.1 Å². The van der Waals surface area contributed by atoms with Gasteiger partial charge in [-0.2, -0.15) is 0 Å². The molecule has 6 heteroatoms. The molecule has 0 aliphatic rings. The Morgan fingerprint density at radius 1 is 0.885 bits per heavy atom. The first-order valence-electron chi connectivity index (χ1n) is 8.28. The molecular formula is C20H23BrN2O3. The van der Waals surface area contributed by atoms with E-state index in [2.05, 4.69) is 15.9 Å². The van der Waals surface area contributed by atoms with Gasteiger partial charge in [0.15, 0.2) is 5.78 Å². The molecule has 0 spiro atoms.